The van der Waals surface area contributed by atoms with Crippen molar-refractivity contribution in [3.8, 4) is 11.1 Å². The maximum atomic E-state index is 13.4. The lowest BCUT2D eigenvalue weighted by Crippen LogP contribution is -2.42. The highest BCUT2D eigenvalue weighted by atomic mass is 32.1. The molecule has 0 atom stereocenters. The quantitative estimate of drug-likeness (QED) is 0.576. The molecule has 1 aromatic carbocycles. The molecule has 2 aromatic heterocycles. The van der Waals surface area contributed by atoms with E-state index >= 15 is 0 Å². The number of pyridine rings is 1. The Hall–Kier alpha value is -2.68. The van der Waals surface area contributed by atoms with E-state index in [1.807, 2.05) is 18.2 Å². The number of carbonyl (C=O) groups excluding carboxylic acids is 1. The van der Waals surface area contributed by atoms with E-state index in [-0.39, 0.29) is 5.91 Å². The van der Waals surface area contributed by atoms with Crippen LogP contribution in [0.5, 0.6) is 0 Å². The standard InChI is InChI=1S/C23H26N4O3S/c1-29-12-7-20-26-27-22(31-20)25-21(28)23(8-13-30-14-9-23)16-17-3-2-4-19(15-17)18-5-10-24-11-6-18/h2-6,10-11,15H,7-9,12-14,16H2,1H3,(H,25,27,28). The summed E-state index contributed by atoms with van der Waals surface area (Å²) in [5.74, 6) is -0.0143. The van der Waals surface area contributed by atoms with Crippen LogP contribution >= 0.6 is 11.3 Å². The SMILES string of the molecule is COCCc1nnc(NC(=O)C2(Cc3cccc(-c4ccncc4)c3)CCOCC2)s1. The van der Waals surface area contributed by atoms with Crippen LogP contribution in [-0.4, -0.2) is 48.0 Å². The minimum atomic E-state index is -0.534. The Bertz CT molecular complexity index is 1000. The Labute approximate surface area is 185 Å². The molecule has 0 radical (unpaired) electrons. The normalized spacial score (nSPS) is 15.5. The molecule has 0 bridgehead atoms. The molecule has 1 fully saturated rings. The van der Waals surface area contributed by atoms with Crippen LogP contribution in [0.3, 0.4) is 0 Å². The second kappa shape index (κ2) is 10.1. The third kappa shape index (κ3) is 5.33. The van der Waals surface area contributed by atoms with Crippen molar-refractivity contribution in [2.24, 2.45) is 5.41 Å². The fourth-order valence-corrected chi connectivity index (χ4v) is 4.58. The summed E-state index contributed by atoms with van der Waals surface area (Å²) in [4.78, 5) is 17.5. The van der Waals surface area contributed by atoms with Crippen molar-refractivity contribution >= 4 is 22.4 Å². The summed E-state index contributed by atoms with van der Waals surface area (Å²) in [5.41, 5.74) is 2.83. The predicted octanol–water partition coefficient (Wildman–Crippen LogP) is 3.77. The minimum Gasteiger partial charge on any atom is -0.384 e. The number of rotatable bonds is 8. The predicted molar refractivity (Wildman–Crippen MR) is 120 cm³/mol. The number of amides is 1. The van der Waals surface area contributed by atoms with Gasteiger partial charge in [-0.2, -0.15) is 0 Å². The zero-order valence-electron chi connectivity index (χ0n) is 17.5. The minimum absolute atomic E-state index is 0.0143. The first-order valence-electron chi connectivity index (χ1n) is 10.4. The lowest BCUT2D eigenvalue weighted by atomic mass is 9.74. The van der Waals surface area contributed by atoms with Gasteiger partial charge in [-0.05, 0) is 48.1 Å². The van der Waals surface area contributed by atoms with Crippen molar-refractivity contribution in [2.75, 3.05) is 32.2 Å². The van der Waals surface area contributed by atoms with Gasteiger partial charge in [-0.3, -0.25) is 9.78 Å². The Morgan fingerprint density at radius 2 is 1.97 bits per heavy atom. The van der Waals surface area contributed by atoms with Crippen molar-refractivity contribution in [3.05, 3.63) is 59.4 Å². The summed E-state index contributed by atoms with van der Waals surface area (Å²) < 4.78 is 10.7. The zero-order valence-corrected chi connectivity index (χ0v) is 18.4. The van der Waals surface area contributed by atoms with Gasteiger partial charge in [0.1, 0.15) is 5.01 Å². The van der Waals surface area contributed by atoms with Crippen LogP contribution in [0.2, 0.25) is 0 Å². The molecular formula is C23H26N4O3S. The number of nitrogens with one attached hydrogen (secondary N) is 1. The van der Waals surface area contributed by atoms with Gasteiger partial charge in [0.05, 0.1) is 12.0 Å². The van der Waals surface area contributed by atoms with Crippen molar-refractivity contribution < 1.29 is 14.3 Å². The summed E-state index contributed by atoms with van der Waals surface area (Å²) in [6.45, 7) is 1.73. The molecule has 1 saturated heterocycles. The van der Waals surface area contributed by atoms with E-state index in [0.717, 1.165) is 21.7 Å². The van der Waals surface area contributed by atoms with E-state index in [4.69, 9.17) is 9.47 Å². The van der Waals surface area contributed by atoms with E-state index in [9.17, 15) is 4.79 Å². The fourth-order valence-electron chi connectivity index (χ4n) is 3.87. The highest BCUT2D eigenvalue weighted by molar-refractivity contribution is 7.15. The monoisotopic (exact) mass is 438 g/mol. The van der Waals surface area contributed by atoms with E-state index in [1.165, 1.54) is 11.3 Å². The van der Waals surface area contributed by atoms with Gasteiger partial charge < -0.3 is 14.8 Å². The maximum absolute atomic E-state index is 13.4. The van der Waals surface area contributed by atoms with E-state index in [0.29, 0.717) is 50.6 Å². The van der Waals surface area contributed by atoms with Gasteiger partial charge in [0.15, 0.2) is 0 Å². The molecule has 1 N–H and O–H groups in total. The molecule has 0 aliphatic carbocycles. The number of nitrogens with zero attached hydrogens (tertiary/aromatic N) is 3. The molecule has 3 heterocycles. The molecule has 3 aromatic rings. The number of ether oxygens (including phenoxy) is 2. The van der Waals surface area contributed by atoms with E-state index in [1.54, 1.807) is 19.5 Å². The average molecular weight is 439 g/mol. The maximum Gasteiger partial charge on any atom is 0.232 e. The summed E-state index contributed by atoms with van der Waals surface area (Å²) in [6, 6.07) is 12.4. The lowest BCUT2D eigenvalue weighted by Gasteiger charge is -2.35. The van der Waals surface area contributed by atoms with Crippen LogP contribution in [0.1, 0.15) is 23.4 Å². The van der Waals surface area contributed by atoms with Gasteiger partial charge in [0.2, 0.25) is 11.0 Å². The molecule has 162 valence electrons. The van der Waals surface area contributed by atoms with Gasteiger partial charge in [0.25, 0.3) is 0 Å². The van der Waals surface area contributed by atoms with E-state index < -0.39 is 5.41 Å². The highest BCUT2D eigenvalue weighted by Crippen LogP contribution is 2.37. The summed E-state index contributed by atoms with van der Waals surface area (Å²) >= 11 is 1.40. The number of benzene rings is 1. The summed E-state index contributed by atoms with van der Waals surface area (Å²) in [5, 5.41) is 12.7. The van der Waals surface area contributed by atoms with Gasteiger partial charge >= 0.3 is 0 Å². The number of anilines is 1. The zero-order chi connectivity index (χ0) is 21.5. The average Bonchev–Trinajstić information content (AvgIpc) is 3.26. The van der Waals surface area contributed by atoms with Crippen LogP contribution < -0.4 is 5.32 Å². The molecule has 0 unspecified atom stereocenters. The Morgan fingerprint density at radius 3 is 2.74 bits per heavy atom. The van der Waals surface area contributed by atoms with Gasteiger partial charge in [-0.15, -0.1) is 10.2 Å². The molecule has 7 nitrogen and oxygen atoms in total. The van der Waals surface area contributed by atoms with Gasteiger partial charge in [-0.1, -0.05) is 35.6 Å². The van der Waals surface area contributed by atoms with Crippen molar-refractivity contribution in [1.82, 2.24) is 15.2 Å². The van der Waals surface area contributed by atoms with Gasteiger partial charge in [-0.25, -0.2) is 0 Å². The number of carbonyl (C=O) groups is 1. The summed E-state index contributed by atoms with van der Waals surface area (Å²) in [7, 11) is 1.66. The Morgan fingerprint density at radius 1 is 1.16 bits per heavy atom. The number of aromatic nitrogens is 3. The number of hydrogen-bond donors (Lipinski definition) is 1. The second-order valence-electron chi connectivity index (χ2n) is 7.70. The molecule has 1 aliphatic rings. The van der Waals surface area contributed by atoms with E-state index in [2.05, 4.69) is 38.7 Å². The number of hydrogen-bond acceptors (Lipinski definition) is 7. The smallest absolute Gasteiger partial charge is 0.232 e. The van der Waals surface area contributed by atoms with Gasteiger partial charge in [0, 0.05) is 39.1 Å². The highest BCUT2D eigenvalue weighted by Gasteiger charge is 2.40. The van der Waals surface area contributed by atoms with Crippen molar-refractivity contribution in [1.29, 1.82) is 0 Å². The first-order valence-corrected chi connectivity index (χ1v) is 11.2. The van der Waals surface area contributed by atoms with Crippen molar-refractivity contribution in [3.63, 3.8) is 0 Å². The molecular weight excluding hydrogens is 412 g/mol. The first-order chi connectivity index (χ1) is 15.2. The van der Waals surface area contributed by atoms with Crippen LogP contribution in [0.4, 0.5) is 5.13 Å². The molecule has 1 amide bonds. The van der Waals surface area contributed by atoms with Crippen LogP contribution in [0.25, 0.3) is 11.1 Å². The first kappa shape index (κ1) is 21.5. The Balaban J connectivity index is 1.53. The fraction of sp³-hybridized carbons (Fsp3) is 0.391. The Kier molecular flexibility index (Phi) is 7.01. The molecule has 31 heavy (non-hydrogen) atoms. The van der Waals surface area contributed by atoms with Crippen LogP contribution in [0, 0.1) is 5.41 Å². The molecule has 0 saturated carbocycles. The third-order valence-corrected chi connectivity index (χ3v) is 6.52. The van der Waals surface area contributed by atoms with Crippen LogP contribution in [-0.2, 0) is 27.1 Å². The second-order valence-corrected chi connectivity index (χ2v) is 8.77. The molecule has 1 aliphatic heterocycles. The molecule has 4 rings (SSSR count). The molecule has 8 heteroatoms. The summed E-state index contributed by atoms with van der Waals surface area (Å²) in [6.07, 6.45) is 6.26. The topological polar surface area (TPSA) is 86.2 Å². The largest absolute Gasteiger partial charge is 0.384 e. The molecule has 0 spiro atoms. The van der Waals surface area contributed by atoms with Crippen LogP contribution in [0.15, 0.2) is 48.8 Å². The van der Waals surface area contributed by atoms with Crippen molar-refractivity contribution in [2.45, 2.75) is 25.7 Å². The third-order valence-electron chi connectivity index (χ3n) is 5.62. The lowest BCUT2D eigenvalue weighted by molar-refractivity contribution is -0.131. The number of methoxy groups -OCH3 is 1.